The molecule has 0 amide bonds. The van der Waals surface area contributed by atoms with Crippen LogP contribution in [0.2, 0.25) is 0 Å². The van der Waals surface area contributed by atoms with E-state index in [4.69, 9.17) is 4.74 Å². The molecule has 0 spiro atoms. The van der Waals surface area contributed by atoms with E-state index >= 15 is 0 Å². The Labute approximate surface area is 172 Å². The Kier molecular flexibility index (Phi) is 7.81. The van der Waals surface area contributed by atoms with Gasteiger partial charge in [0.25, 0.3) is 0 Å². The normalized spacial score (nSPS) is 15.9. The zero-order chi connectivity index (χ0) is 20.5. The van der Waals surface area contributed by atoms with Crippen LogP contribution in [0.5, 0.6) is 5.75 Å². The summed E-state index contributed by atoms with van der Waals surface area (Å²) in [5, 5.41) is 6.76. The number of likely N-dealkylation sites (tertiary alicyclic amines) is 1. The molecule has 6 nitrogen and oxygen atoms in total. The SMILES string of the molecule is CCOc1ccc(CNC(=NC)NC2CCN(Cc3ccccn3)CC2)cc1F. The maximum absolute atomic E-state index is 14.0. The zero-order valence-corrected chi connectivity index (χ0v) is 17.2. The lowest BCUT2D eigenvalue weighted by atomic mass is 10.0. The van der Waals surface area contributed by atoms with E-state index < -0.39 is 0 Å². The van der Waals surface area contributed by atoms with Crippen LogP contribution >= 0.6 is 0 Å². The summed E-state index contributed by atoms with van der Waals surface area (Å²) in [7, 11) is 1.75. The fraction of sp³-hybridized carbons (Fsp3) is 0.455. The van der Waals surface area contributed by atoms with Crippen LogP contribution in [0.15, 0.2) is 47.6 Å². The number of nitrogens with zero attached hydrogens (tertiary/aromatic N) is 3. The molecule has 1 aromatic heterocycles. The average Bonchev–Trinajstić information content (AvgIpc) is 2.75. The first-order valence-electron chi connectivity index (χ1n) is 10.2. The first-order valence-corrected chi connectivity index (χ1v) is 10.2. The fourth-order valence-electron chi connectivity index (χ4n) is 3.46. The number of rotatable bonds is 7. The van der Waals surface area contributed by atoms with Crippen molar-refractivity contribution >= 4 is 5.96 Å². The Bertz CT molecular complexity index is 791. The molecule has 1 aliphatic rings. The van der Waals surface area contributed by atoms with Crippen LogP contribution in [-0.4, -0.2) is 48.6 Å². The van der Waals surface area contributed by atoms with E-state index in [9.17, 15) is 4.39 Å². The van der Waals surface area contributed by atoms with Crippen molar-refractivity contribution in [1.29, 1.82) is 0 Å². The lowest BCUT2D eigenvalue weighted by molar-refractivity contribution is 0.196. The van der Waals surface area contributed by atoms with Gasteiger partial charge < -0.3 is 15.4 Å². The van der Waals surface area contributed by atoms with Gasteiger partial charge in [0.2, 0.25) is 0 Å². The molecule has 1 fully saturated rings. The van der Waals surface area contributed by atoms with E-state index in [1.165, 1.54) is 6.07 Å². The summed E-state index contributed by atoms with van der Waals surface area (Å²) in [6.07, 6.45) is 3.94. The lowest BCUT2D eigenvalue weighted by Crippen LogP contribution is -2.48. The summed E-state index contributed by atoms with van der Waals surface area (Å²) in [6.45, 7) is 5.73. The molecule has 29 heavy (non-hydrogen) atoms. The summed E-state index contributed by atoms with van der Waals surface area (Å²) in [4.78, 5) is 11.1. The molecule has 0 radical (unpaired) electrons. The zero-order valence-electron chi connectivity index (χ0n) is 17.2. The third kappa shape index (κ3) is 6.42. The maximum Gasteiger partial charge on any atom is 0.191 e. The number of guanidine groups is 1. The predicted molar refractivity (Wildman–Crippen MR) is 113 cm³/mol. The van der Waals surface area contributed by atoms with Crippen LogP contribution in [-0.2, 0) is 13.1 Å². The average molecular weight is 400 g/mol. The van der Waals surface area contributed by atoms with Gasteiger partial charge >= 0.3 is 0 Å². The summed E-state index contributed by atoms with van der Waals surface area (Å²) in [5.41, 5.74) is 1.96. The molecule has 7 heteroatoms. The summed E-state index contributed by atoms with van der Waals surface area (Å²) in [6, 6.07) is 11.5. The molecule has 0 unspecified atom stereocenters. The number of pyridine rings is 1. The first-order chi connectivity index (χ1) is 14.2. The van der Waals surface area contributed by atoms with Crippen molar-refractivity contribution in [2.75, 3.05) is 26.7 Å². The van der Waals surface area contributed by atoms with Crippen LogP contribution in [0.4, 0.5) is 4.39 Å². The van der Waals surface area contributed by atoms with Crippen molar-refractivity contribution in [2.24, 2.45) is 4.99 Å². The van der Waals surface area contributed by atoms with E-state index in [0.29, 0.717) is 19.2 Å². The van der Waals surface area contributed by atoms with E-state index in [1.54, 1.807) is 13.1 Å². The van der Waals surface area contributed by atoms with Gasteiger partial charge in [0.1, 0.15) is 0 Å². The van der Waals surface area contributed by atoms with Crippen molar-refractivity contribution in [1.82, 2.24) is 20.5 Å². The van der Waals surface area contributed by atoms with Crippen LogP contribution in [0, 0.1) is 5.82 Å². The molecule has 156 valence electrons. The molecule has 0 atom stereocenters. The highest BCUT2D eigenvalue weighted by Crippen LogP contribution is 2.18. The second-order valence-electron chi connectivity index (χ2n) is 7.14. The highest BCUT2D eigenvalue weighted by molar-refractivity contribution is 5.79. The molecule has 2 N–H and O–H groups in total. The quantitative estimate of drug-likeness (QED) is 0.554. The molecule has 1 aliphatic heterocycles. The molecule has 1 aromatic carbocycles. The molecular weight excluding hydrogens is 369 g/mol. The Hall–Kier alpha value is -2.67. The minimum absolute atomic E-state index is 0.288. The molecule has 2 heterocycles. The third-order valence-corrected chi connectivity index (χ3v) is 5.02. The van der Waals surface area contributed by atoms with Crippen molar-refractivity contribution in [2.45, 2.75) is 38.9 Å². The molecule has 1 saturated heterocycles. The summed E-state index contributed by atoms with van der Waals surface area (Å²) < 4.78 is 19.2. The van der Waals surface area contributed by atoms with Crippen LogP contribution < -0.4 is 15.4 Å². The van der Waals surface area contributed by atoms with E-state index in [-0.39, 0.29) is 11.6 Å². The van der Waals surface area contributed by atoms with Crippen LogP contribution in [0.1, 0.15) is 31.0 Å². The highest BCUT2D eigenvalue weighted by atomic mass is 19.1. The van der Waals surface area contributed by atoms with Crippen molar-refractivity contribution in [3.8, 4) is 5.75 Å². The number of halogens is 1. The number of aromatic nitrogens is 1. The Morgan fingerprint density at radius 2 is 2.10 bits per heavy atom. The molecule has 0 aliphatic carbocycles. The van der Waals surface area contributed by atoms with Crippen LogP contribution in [0.3, 0.4) is 0 Å². The first kappa shape index (κ1) is 21.0. The third-order valence-electron chi connectivity index (χ3n) is 5.02. The van der Waals surface area contributed by atoms with Crippen LogP contribution in [0.25, 0.3) is 0 Å². The highest BCUT2D eigenvalue weighted by Gasteiger charge is 2.20. The smallest absolute Gasteiger partial charge is 0.191 e. The molecule has 0 bridgehead atoms. The minimum atomic E-state index is -0.339. The van der Waals surface area contributed by atoms with Gasteiger partial charge in [-0.3, -0.25) is 14.9 Å². The molecular formula is C22H30FN5O. The number of ether oxygens (including phenoxy) is 1. The predicted octanol–water partition coefficient (Wildman–Crippen LogP) is 2.95. The number of benzene rings is 1. The maximum atomic E-state index is 14.0. The number of nitrogens with one attached hydrogen (secondary N) is 2. The molecule has 2 aromatic rings. The van der Waals surface area contributed by atoms with Gasteiger partial charge in [-0.1, -0.05) is 12.1 Å². The summed E-state index contributed by atoms with van der Waals surface area (Å²) in [5.74, 6) is 0.688. The largest absolute Gasteiger partial charge is 0.491 e. The van der Waals surface area contributed by atoms with Gasteiger partial charge in [0, 0.05) is 45.5 Å². The fourth-order valence-corrected chi connectivity index (χ4v) is 3.46. The summed E-state index contributed by atoms with van der Waals surface area (Å²) >= 11 is 0. The second kappa shape index (κ2) is 10.8. The van der Waals surface area contributed by atoms with Gasteiger partial charge in [-0.15, -0.1) is 0 Å². The van der Waals surface area contributed by atoms with Crippen molar-refractivity contribution in [3.05, 3.63) is 59.7 Å². The van der Waals surface area contributed by atoms with Crippen molar-refractivity contribution < 1.29 is 9.13 Å². The van der Waals surface area contributed by atoms with Crippen molar-refractivity contribution in [3.63, 3.8) is 0 Å². The number of piperidine rings is 1. The standard InChI is InChI=1S/C22H30FN5O/c1-3-29-21-8-7-17(14-20(21)23)15-26-22(24-2)27-18-9-12-28(13-10-18)16-19-6-4-5-11-25-19/h4-8,11,14,18H,3,9-10,12-13,15-16H2,1-2H3,(H2,24,26,27). The van der Waals surface area contributed by atoms with Gasteiger partial charge in [0.15, 0.2) is 17.5 Å². The van der Waals surface area contributed by atoms with E-state index in [2.05, 4.69) is 31.6 Å². The Balaban J connectivity index is 1.43. The van der Waals surface area contributed by atoms with E-state index in [1.807, 2.05) is 31.3 Å². The molecule has 3 rings (SSSR count). The number of aliphatic imine (C=N–C) groups is 1. The van der Waals surface area contributed by atoms with E-state index in [0.717, 1.165) is 49.7 Å². The number of hydrogen-bond donors (Lipinski definition) is 2. The van der Waals surface area contributed by atoms with Gasteiger partial charge in [0.05, 0.1) is 12.3 Å². The Morgan fingerprint density at radius 3 is 2.76 bits per heavy atom. The van der Waals surface area contributed by atoms with Gasteiger partial charge in [-0.25, -0.2) is 4.39 Å². The second-order valence-corrected chi connectivity index (χ2v) is 7.14. The lowest BCUT2D eigenvalue weighted by Gasteiger charge is -2.32. The number of hydrogen-bond acceptors (Lipinski definition) is 4. The van der Waals surface area contributed by atoms with Gasteiger partial charge in [-0.2, -0.15) is 0 Å². The topological polar surface area (TPSA) is 61.8 Å². The van der Waals surface area contributed by atoms with Gasteiger partial charge in [-0.05, 0) is 49.6 Å². The Morgan fingerprint density at radius 1 is 1.28 bits per heavy atom. The molecule has 0 saturated carbocycles. The minimum Gasteiger partial charge on any atom is -0.491 e. The monoisotopic (exact) mass is 399 g/mol.